The molecule has 2 rings (SSSR count). The Bertz CT molecular complexity index is 1710. The van der Waals surface area contributed by atoms with Crippen molar-refractivity contribution in [2.75, 3.05) is 0 Å². The predicted octanol–water partition coefficient (Wildman–Crippen LogP) is 4.16. The van der Waals surface area contributed by atoms with E-state index >= 15 is 0 Å². The normalized spacial score (nSPS) is 26.1. The van der Waals surface area contributed by atoms with Gasteiger partial charge in [0.25, 0.3) is 0 Å². The van der Waals surface area contributed by atoms with Crippen LogP contribution in [0.1, 0.15) is 75.7 Å². The molecule has 0 fully saturated rings. The second-order valence-electron chi connectivity index (χ2n) is 14.0. The SMILES string of the molecule is CC1=C(/C=C/C(C)=C/C=C/C(C)=C/C=C/C=C(C)/C=C/C=C(C)/C=C/C2=C(C)C(=O)[C@@H](O)[C@H](O)C2(C)C)C(C)(C)[C@@H](O)[C@H](OS(=O)(=O)[O-])C1.[Na+]. The number of Topliss-reactive ketones (excluding diaryl/α,β-unsaturated/α-hetero) is 1. The maximum atomic E-state index is 12.3. The number of rotatable bonds is 12. The van der Waals surface area contributed by atoms with E-state index in [0.29, 0.717) is 5.57 Å². The van der Waals surface area contributed by atoms with Crippen LogP contribution in [-0.4, -0.2) is 58.5 Å². The largest absolute Gasteiger partial charge is 1.00 e. The molecule has 8 nitrogen and oxygen atoms in total. The second kappa shape index (κ2) is 19.4. The van der Waals surface area contributed by atoms with Gasteiger partial charge < -0.3 is 19.9 Å². The third-order valence-corrected chi connectivity index (χ3v) is 9.54. The maximum Gasteiger partial charge on any atom is 1.00 e. The molecule has 3 N–H and O–H groups in total. The number of carbonyl (C=O) groups excluding carboxylic acids is 1. The molecule has 0 saturated heterocycles. The molecule has 0 radical (unpaired) electrons. The molecule has 0 unspecified atom stereocenters. The smallest absolute Gasteiger partial charge is 0.726 e. The number of allylic oxidation sites excluding steroid dienone is 18. The van der Waals surface area contributed by atoms with Gasteiger partial charge in [0.05, 0.1) is 12.2 Å². The van der Waals surface area contributed by atoms with E-state index in [0.717, 1.165) is 39.0 Å². The molecule has 0 aliphatic heterocycles. The molecule has 0 saturated carbocycles. The second-order valence-corrected chi connectivity index (χ2v) is 15.0. The molecule has 0 amide bonds. The summed E-state index contributed by atoms with van der Waals surface area (Å²) in [7, 11) is -4.92. The molecular formula is C40H53NaO8S. The van der Waals surface area contributed by atoms with Crippen molar-refractivity contribution in [3.05, 3.63) is 130 Å². The average Bonchev–Trinajstić information content (AvgIpc) is 2.99. The Balaban J connectivity index is 0.0000125. The predicted molar refractivity (Wildman–Crippen MR) is 196 cm³/mol. The van der Waals surface area contributed by atoms with Gasteiger partial charge in [-0.1, -0.05) is 141 Å². The molecule has 2 aliphatic carbocycles. The zero-order chi connectivity index (χ0) is 37.3. The van der Waals surface area contributed by atoms with E-state index < -0.39 is 51.4 Å². The van der Waals surface area contributed by atoms with Gasteiger partial charge >= 0.3 is 29.6 Å². The Hall–Kier alpha value is -2.44. The van der Waals surface area contributed by atoms with Crippen molar-refractivity contribution < 1.29 is 66.8 Å². The zero-order valence-corrected chi connectivity index (χ0v) is 34.2. The minimum Gasteiger partial charge on any atom is -0.726 e. The van der Waals surface area contributed by atoms with Gasteiger partial charge in [0, 0.05) is 10.8 Å². The van der Waals surface area contributed by atoms with Gasteiger partial charge in [0.2, 0.25) is 10.4 Å². The van der Waals surface area contributed by atoms with Gasteiger partial charge in [-0.25, -0.2) is 8.42 Å². The van der Waals surface area contributed by atoms with E-state index in [-0.39, 0.29) is 36.0 Å². The Labute approximate surface area is 321 Å². The number of hydrogen-bond donors (Lipinski definition) is 3. The Morgan fingerprint density at radius 2 is 1.12 bits per heavy atom. The number of ketones is 1. The van der Waals surface area contributed by atoms with Crippen LogP contribution in [-0.2, 0) is 19.4 Å². The first kappa shape index (κ1) is 45.6. The van der Waals surface area contributed by atoms with Crippen molar-refractivity contribution in [1.82, 2.24) is 0 Å². The third-order valence-electron chi connectivity index (χ3n) is 9.06. The van der Waals surface area contributed by atoms with Crippen molar-refractivity contribution in [3.8, 4) is 0 Å². The van der Waals surface area contributed by atoms with Crippen molar-refractivity contribution in [1.29, 1.82) is 0 Å². The zero-order valence-electron chi connectivity index (χ0n) is 31.4. The summed E-state index contributed by atoms with van der Waals surface area (Å²) in [5, 5.41) is 31.2. The Kier molecular flexibility index (Phi) is 17.7. The van der Waals surface area contributed by atoms with Crippen molar-refractivity contribution in [2.24, 2.45) is 10.8 Å². The minimum atomic E-state index is -4.92. The summed E-state index contributed by atoms with van der Waals surface area (Å²) < 4.78 is 37.9. The molecule has 0 aromatic heterocycles. The van der Waals surface area contributed by atoms with Gasteiger partial charge in [0.1, 0.15) is 12.2 Å². The minimum absolute atomic E-state index is 0. The van der Waals surface area contributed by atoms with Gasteiger partial charge in [-0.3, -0.25) is 8.98 Å². The number of aliphatic hydroxyl groups is 3. The van der Waals surface area contributed by atoms with Crippen LogP contribution in [0.15, 0.2) is 130 Å². The van der Waals surface area contributed by atoms with E-state index in [2.05, 4.69) is 4.18 Å². The first-order chi connectivity index (χ1) is 22.6. The number of aliphatic hydroxyl groups excluding tert-OH is 3. The van der Waals surface area contributed by atoms with Gasteiger partial charge in [-0.05, 0) is 64.7 Å². The van der Waals surface area contributed by atoms with Crippen LogP contribution in [0.3, 0.4) is 0 Å². The summed E-state index contributed by atoms with van der Waals surface area (Å²) in [5.74, 6) is -0.441. The first-order valence-electron chi connectivity index (χ1n) is 16.3. The van der Waals surface area contributed by atoms with Crippen molar-refractivity contribution in [3.63, 3.8) is 0 Å². The topological polar surface area (TPSA) is 144 Å². The van der Waals surface area contributed by atoms with Gasteiger partial charge in [-0.15, -0.1) is 0 Å². The third kappa shape index (κ3) is 13.0. The molecule has 4 atom stereocenters. The molecule has 268 valence electrons. The van der Waals surface area contributed by atoms with Crippen LogP contribution in [0.4, 0.5) is 0 Å². The standard InChI is InChI=1S/C40H54O8S.Na/c1-26(17-13-19-28(3)21-23-32-30(5)25-34(48-49(45,46)47)37(43)39(32,7)8)15-11-12-16-27(2)18-14-20-29(4)22-24-33-31(6)35(41)36(42)38(44)40(33,9)10;/h11-24,34,36-38,42-44H,25H2,1-10H3,(H,45,46,47);/q;+1/p-1/b12-11+,17-13+,18-14+,23-21+,24-22+,26-15+,27-16+,28-19+,29-20+;/t34-,36-,37+,38+;/m1./s1. The molecule has 0 aromatic rings. The fourth-order valence-electron chi connectivity index (χ4n) is 5.94. The molecular weight excluding hydrogens is 663 g/mol. The van der Waals surface area contributed by atoms with E-state index in [4.69, 9.17) is 0 Å². The van der Waals surface area contributed by atoms with E-state index in [9.17, 15) is 33.1 Å². The molecule has 2 aliphatic rings. The molecule has 10 heteroatoms. The molecule has 0 aromatic carbocycles. The molecule has 0 bridgehead atoms. The van der Waals surface area contributed by atoms with Crippen LogP contribution < -0.4 is 29.6 Å². The molecule has 0 spiro atoms. The van der Waals surface area contributed by atoms with E-state index in [1.807, 2.05) is 134 Å². The Morgan fingerprint density at radius 1 is 0.720 bits per heavy atom. The summed E-state index contributed by atoms with van der Waals surface area (Å²) in [6.45, 7) is 18.7. The first-order valence-corrected chi connectivity index (χ1v) is 17.6. The van der Waals surface area contributed by atoms with Crippen LogP contribution in [0, 0.1) is 10.8 Å². The van der Waals surface area contributed by atoms with Crippen LogP contribution in [0.5, 0.6) is 0 Å². The summed E-state index contributed by atoms with van der Waals surface area (Å²) in [6, 6.07) is 0. The van der Waals surface area contributed by atoms with Crippen molar-refractivity contribution in [2.45, 2.75) is 100 Å². The summed E-state index contributed by atoms with van der Waals surface area (Å²) >= 11 is 0. The fourth-order valence-corrected chi connectivity index (χ4v) is 6.41. The number of carbonyl (C=O) groups is 1. The fraction of sp³-hybridized carbons (Fsp3) is 0.425. The quantitative estimate of drug-likeness (QED) is 0.118. The average molecular weight is 717 g/mol. The molecule has 0 heterocycles. The summed E-state index contributed by atoms with van der Waals surface area (Å²) in [4.78, 5) is 12.3. The monoisotopic (exact) mass is 716 g/mol. The maximum absolute atomic E-state index is 12.3. The van der Waals surface area contributed by atoms with Gasteiger partial charge in [-0.2, -0.15) is 0 Å². The van der Waals surface area contributed by atoms with Crippen molar-refractivity contribution >= 4 is 16.2 Å². The van der Waals surface area contributed by atoms with E-state index in [1.165, 1.54) is 0 Å². The Morgan fingerprint density at radius 3 is 1.58 bits per heavy atom. The van der Waals surface area contributed by atoms with Crippen LogP contribution in [0.25, 0.3) is 0 Å². The van der Waals surface area contributed by atoms with Crippen LogP contribution in [0.2, 0.25) is 0 Å². The van der Waals surface area contributed by atoms with E-state index in [1.54, 1.807) is 20.8 Å². The summed E-state index contributed by atoms with van der Waals surface area (Å²) in [5.41, 5.74) is 5.42. The van der Waals surface area contributed by atoms with Gasteiger partial charge in [0.15, 0.2) is 5.78 Å². The summed E-state index contributed by atoms with van der Waals surface area (Å²) in [6.07, 6.45) is 22.7. The van der Waals surface area contributed by atoms with Crippen LogP contribution >= 0.6 is 0 Å². The number of hydrogen-bond acceptors (Lipinski definition) is 8. The molecule has 50 heavy (non-hydrogen) atoms.